The molecule has 1 atom stereocenters. The van der Waals surface area contributed by atoms with Gasteiger partial charge >= 0.3 is 5.97 Å². The van der Waals surface area contributed by atoms with Crippen LogP contribution >= 0.6 is 23.5 Å². The maximum absolute atomic E-state index is 15.0. The average molecular weight is 616 g/mol. The quantitative estimate of drug-likeness (QED) is 0.251. The van der Waals surface area contributed by atoms with Crippen LogP contribution in [0.2, 0.25) is 5.02 Å². The molecule has 224 valence electrons. The van der Waals surface area contributed by atoms with Crippen molar-refractivity contribution in [2.24, 2.45) is 13.0 Å². The Bertz CT molecular complexity index is 1470. The standard InChI is InChI=1S/C31H35ClFN3O5S/c1-35-16-25(24-6-2-3-7-29(24)35)30(38)34-28-15-27(33)20(14-26(28)32)13-22(37)18-42-36-12-4-5-21(36)17-41-23-10-8-19(9-11-23)31(39)40/h2-3,6-7,14-16,19,21,23H,4-5,8-13,17-18H2,1H3,(H,34,38)(H,39,40)/t19?,21-,23?/m0/s1. The SMILES string of the molecule is Cn1cc(C(=O)Nc2cc(F)c(CC(=O)CSN3CCC[C@H]3COC3CCC(C(=O)O)CC3)cc2Cl)c2ccccc21. The highest BCUT2D eigenvalue weighted by Crippen LogP contribution is 2.31. The first-order valence-corrected chi connectivity index (χ1v) is 15.6. The summed E-state index contributed by atoms with van der Waals surface area (Å²) in [7, 11) is 1.85. The van der Waals surface area contributed by atoms with Gasteiger partial charge in [-0.2, -0.15) is 0 Å². The van der Waals surface area contributed by atoms with Gasteiger partial charge in [-0.1, -0.05) is 41.7 Å². The second-order valence-corrected chi connectivity index (χ2v) is 12.5. The molecule has 5 rings (SSSR count). The summed E-state index contributed by atoms with van der Waals surface area (Å²) in [4.78, 5) is 36.9. The maximum Gasteiger partial charge on any atom is 0.306 e. The van der Waals surface area contributed by atoms with Crippen LogP contribution in [0.4, 0.5) is 10.1 Å². The fourth-order valence-electron chi connectivity index (χ4n) is 5.82. The Balaban J connectivity index is 1.11. The van der Waals surface area contributed by atoms with Crippen molar-refractivity contribution < 1.29 is 28.6 Å². The molecule has 2 aliphatic rings. The third-order valence-corrected chi connectivity index (χ3v) is 9.75. The van der Waals surface area contributed by atoms with Crippen LogP contribution in [0.5, 0.6) is 0 Å². The number of carbonyl (C=O) groups excluding carboxylic acids is 2. The third-order valence-electron chi connectivity index (χ3n) is 8.18. The fraction of sp³-hybridized carbons (Fsp3) is 0.452. The van der Waals surface area contributed by atoms with Crippen molar-refractivity contribution in [1.82, 2.24) is 8.87 Å². The van der Waals surface area contributed by atoms with E-state index in [1.807, 2.05) is 35.9 Å². The number of rotatable bonds is 11. The zero-order valence-corrected chi connectivity index (χ0v) is 25.1. The van der Waals surface area contributed by atoms with Crippen LogP contribution in [-0.4, -0.2) is 62.7 Å². The number of aliphatic carboxylic acids is 1. The summed E-state index contributed by atoms with van der Waals surface area (Å²) in [5.74, 6) is -1.91. The van der Waals surface area contributed by atoms with Crippen LogP contribution < -0.4 is 5.32 Å². The molecule has 8 nitrogen and oxygen atoms in total. The molecule has 1 aliphatic heterocycles. The Morgan fingerprint density at radius 1 is 1.14 bits per heavy atom. The number of ketones is 1. The predicted molar refractivity (Wildman–Crippen MR) is 163 cm³/mol. The Labute approximate surface area is 253 Å². The lowest BCUT2D eigenvalue weighted by atomic mass is 9.87. The number of nitrogens with one attached hydrogen (secondary N) is 1. The van der Waals surface area contributed by atoms with Gasteiger partial charge in [0.25, 0.3) is 5.91 Å². The molecule has 1 amide bonds. The lowest BCUT2D eigenvalue weighted by Gasteiger charge is -2.29. The molecule has 2 aromatic carbocycles. The smallest absolute Gasteiger partial charge is 0.306 e. The first kappa shape index (κ1) is 30.5. The number of amides is 1. The van der Waals surface area contributed by atoms with Gasteiger partial charge in [-0.15, -0.1) is 0 Å². The van der Waals surface area contributed by atoms with Gasteiger partial charge in [0.2, 0.25) is 0 Å². The van der Waals surface area contributed by atoms with E-state index in [9.17, 15) is 19.5 Å². The van der Waals surface area contributed by atoms with E-state index in [4.69, 9.17) is 16.3 Å². The molecule has 0 unspecified atom stereocenters. The minimum absolute atomic E-state index is 0.0854. The van der Waals surface area contributed by atoms with Crippen molar-refractivity contribution in [2.45, 2.75) is 57.1 Å². The van der Waals surface area contributed by atoms with Crippen molar-refractivity contribution in [3.8, 4) is 0 Å². The predicted octanol–water partition coefficient (Wildman–Crippen LogP) is 6.11. The van der Waals surface area contributed by atoms with E-state index in [1.165, 1.54) is 24.1 Å². The fourth-order valence-corrected chi connectivity index (χ4v) is 7.10. The number of benzene rings is 2. The summed E-state index contributed by atoms with van der Waals surface area (Å²) in [5.41, 5.74) is 1.69. The lowest BCUT2D eigenvalue weighted by molar-refractivity contribution is -0.143. The summed E-state index contributed by atoms with van der Waals surface area (Å²) in [5, 5.41) is 12.8. The lowest BCUT2D eigenvalue weighted by Crippen LogP contribution is -2.33. The van der Waals surface area contributed by atoms with Gasteiger partial charge in [0.05, 0.1) is 40.7 Å². The number of carboxylic acids is 1. The summed E-state index contributed by atoms with van der Waals surface area (Å²) in [6, 6.07) is 10.3. The summed E-state index contributed by atoms with van der Waals surface area (Å²) in [6.07, 6.45) is 6.51. The summed E-state index contributed by atoms with van der Waals surface area (Å²) >= 11 is 7.85. The van der Waals surface area contributed by atoms with E-state index < -0.39 is 17.7 Å². The second-order valence-electron chi connectivity index (χ2n) is 11.1. The highest BCUT2D eigenvalue weighted by molar-refractivity contribution is 7.97. The van der Waals surface area contributed by atoms with Crippen molar-refractivity contribution in [1.29, 1.82) is 0 Å². The number of aromatic nitrogens is 1. The molecule has 2 N–H and O–H groups in total. The molecule has 42 heavy (non-hydrogen) atoms. The van der Waals surface area contributed by atoms with E-state index in [0.29, 0.717) is 25.0 Å². The number of halogens is 2. The Morgan fingerprint density at radius 3 is 2.67 bits per heavy atom. The molecule has 2 heterocycles. The Morgan fingerprint density at radius 2 is 1.90 bits per heavy atom. The highest BCUT2D eigenvalue weighted by Gasteiger charge is 2.30. The molecule has 2 fully saturated rings. The van der Waals surface area contributed by atoms with Gasteiger partial charge in [0.1, 0.15) is 11.6 Å². The second kappa shape index (κ2) is 13.6. The van der Waals surface area contributed by atoms with Crippen LogP contribution in [0.3, 0.4) is 0 Å². The summed E-state index contributed by atoms with van der Waals surface area (Å²) < 4.78 is 25.2. The van der Waals surface area contributed by atoms with Crippen molar-refractivity contribution in [2.75, 3.05) is 24.2 Å². The molecular weight excluding hydrogens is 581 g/mol. The maximum atomic E-state index is 15.0. The van der Waals surface area contributed by atoms with Gasteiger partial charge in [0, 0.05) is 43.2 Å². The minimum atomic E-state index is -0.724. The Kier molecular flexibility index (Phi) is 9.88. The van der Waals surface area contributed by atoms with Crippen LogP contribution in [0.25, 0.3) is 10.9 Å². The number of fused-ring (bicyclic) bond motifs is 1. The minimum Gasteiger partial charge on any atom is -0.481 e. The highest BCUT2D eigenvalue weighted by atomic mass is 35.5. The van der Waals surface area contributed by atoms with Crippen LogP contribution in [0.15, 0.2) is 42.6 Å². The average Bonchev–Trinajstić information content (AvgIpc) is 3.57. The topological polar surface area (TPSA) is 101 Å². The number of hydrogen-bond acceptors (Lipinski definition) is 6. The third kappa shape index (κ3) is 7.16. The van der Waals surface area contributed by atoms with Gasteiger partial charge in [-0.25, -0.2) is 8.70 Å². The number of carboxylic acid groups (broad SMARTS) is 1. The van der Waals surface area contributed by atoms with Crippen molar-refractivity contribution in [3.63, 3.8) is 0 Å². The van der Waals surface area contributed by atoms with Gasteiger partial charge in [-0.05, 0) is 62.3 Å². The molecule has 1 saturated carbocycles. The molecule has 1 saturated heterocycles. The molecule has 1 aromatic heterocycles. The van der Waals surface area contributed by atoms with Crippen LogP contribution in [0.1, 0.15) is 54.4 Å². The monoisotopic (exact) mass is 615 g/mol. The van der Waals surface area contributed by atoms with E-state index in [2.05, 4.69) is 9.62 Å². The molecular formula is C31H35ClFN3O5S. The number of hydrogen-bond donors (Lipinski definition) is 2. The first-order valence-electron chi connectivity index (χ1n) is 14.3. The number of Topliss-reactive ketones (excluding diaryl/α,β-unsaturated/α-hetero) is 1. The van der Waals surface area contributed by atoms with E-state index >= 15 is 4.39 Å². The first-order chi connectivity index (χ1) is 20.2. The molecule has 0 bridgehead atoms. The number of ether oxygens (including phenoxy) is 1. The number of nitrogens with zero attached hydrogens (tertiary/aromatic N) is 2. The van der Waals surface area contributed by atoms with Gasteiger partial charge < -0.3 is 19.7 Å². The molecule has 1 aliphatic carbocycles. The molecule has 0 spiro atoms. The van der Waals surface area contributed by atoms with Gasteiger partial charge in [0.15, 0.2) is 0 Å². The largest absolute Gasteiger partial charge is 0.481 e. The normalized spacial score (nSPS) is 21.1. The molecule has 11 heteroatoms. The van der Waals surface area contributed by atoms with Crippen molar-refractivity contribution in [3.05, 3.63) is 64.6 Å². The van der Waals surface area contributed by atoms with Crippen LogP contribution in [-0.2, 0) is 27.8 Å². The number of carbonyl (C=O) groups is 3. The van der Waals surface area contributed by atoms with Crippen molar-refractivity contribution >= 4 is 57.8 Å². The van der Waals surface area contributed by atoms with Crippen LogP contribution in [0, 0.1) is 11.7 Å². The van der Waals surface area contributed by atoms with E-state index in [0.717, 1.165) is 43.1 Å². The van der Waals surface area contributed by atoms with E-state index in [-0.39, 0.29) is 52.3 Å². The zero-order valence-electron chi connectivity index (χ0n) is 23.5. The van der Waals surface area contributed by atoms with E-state index in [1.54, 1.807) is 6.20 Å². The molecule has 3 aromatic rings. The molecule has 0 radical (unpaired) electrons. The number of aryl methyl sites for hydroxylation is 1. The van der Waals surface area contributed by atoms with Gasteiger partial charge in [-0.3, -0.25) is 14.4 Å². The zero-order chi connectivity index (χ0) is 29.8. The summed E-state index contributed by atoms with van der Waals surface area (Å²) in [6.45, 7) is 1.41. The number of anilines is 1. The number of para-hydroxylation sites is 1. The Hall–Kier alpha value is -2.92.